The van der Waals surface area contributed by atoms with E-state index in [1.54, 1.807) is 12.1 Å². The molecule has 1 fully saturated rings. The summed E-state index contributed by atoms with van der Waals surface area (Å²) in [5.74, 6) is 0.652. The van der Waals surface area contributed by atoms with Crippen molar-refractivity contribution in [2.75, 3.05) is 6.54 Å². The first-order chi connectivity index (χ1) is 8.08. The van der Waals surface area contributed by atoms with E-state index in [-0.39, 0.29) is 6.04 Å². The normalized spacial score (nSPS) is 26.8. The summed E-state index contributed by atoms with van der Waals surface area (Å²) < 4.78 is 0. The molecule has 0 aliphatic carbocycles. The van der Waals surface area contributed by atoms with Gasteiger partial charge in [-0.15, -0.1) is 0 Å². The van der Waals surface area contributed by atoms with E-state index in [0.29, 0.717) is 16.0 Å². The highest BCUT2D eigenvalue weighted by atomic mass is 35.5. The van der Waals surface area contributed by atoms with Crippen molar-refractivity contribution in [1.29, 1.82) is 0 Å². The Morgan fingerprint density at radius 2 is 2.12 bits per heavy atom. The van der Waals surface area contributed by atoms with E-state index in [4.69, 9.17) is 23.2 Å². The fraction of sp³-hybridized carbons (Fsp3) is 0.538. The van der Waals surface area contributed by atoms with Crippen LogP contribution < -0.4 is 5.32 Å². The Bertz CT molecular complexity index is 397. The van der Waals surface area contributed by atoms with Gasteiger partial charge in [0, 0.05) is 6.04 Å². The van der Waals surface area contributed by atoms with Gasteiger partial charge in [-0.3, -0.25) is 0 Å². The monoisotopic (exact) mass is 273 g/mol. The molecule has 1 aliphatic rings. The molecule has 0 spiro atoms. The Morgan fingerprint density at radius 3 is 2.76 bits per heavy atom. The maximum Gasteiger partial charge on any atom is 0.0943 e. The van der Waals surface area contributed by atoms with Gasteiger partial charge < -0.3 is 10.4 Å². The van der Waals surface area contributed by atoms with E-state index in [2.05, 4.69) is 12.2 Å². The number of nitrogens with one attached hydrogen (secondary N) is 1. The Balaban J connectivity index is 2.12. The predicted octanol–water partition coefficient (Wildman–Crippen LogP) is 3.41. The topological polar surface area (TPSA) is 32.3 Å². The first-order valence-electron chi connectivity index (χ1n) is 5.94. The molecule has 3 atom stereocenters. The van der Waals surface area contributed by atoms with Gasteiger partial charge in [0.1, 0.15) is 0 Å². The third-order valence-corrected chi connectivity index (χ3v) is 4.11. The highest BCUT2D eigenvalue weighted by molar-refractivity contribution is 6.42. The molecule has 2 rings (SSSR count). The average Bonchev–Trinajstić information content (AvgIpc) is 2.32. The minimum atomic E-state index is -0.521. The molecule has 1 aromatic rings. The molecule has 0 amide bonds. The molecule has 1 heterocycles. The summed E-state index contributed by atoms with van der Waals surface area (Å²) >= 11 is 11.8. The molecule has 1 aliphatic heterocycles. The molecule has 17 heavy (non-hydrogen) atoms. The van der Waals surface area contributed by atoms with Gasteiger partial charge in [-0.25, -0.2) is 0 Å². The zero-order chi connectivity index (χ0) is 12.4. The van der Waals surface area contributed by atoms with Gasteiger partial charge in [-0.05, 0) is 43.0 Å². The standard InChI is InChI=1S/C13H17Cl2NO/c1-8-4-5-16-12(6-8)13(17)9-2-3-10(14)11(15)7-9/h2-3,7-8,12-13,16-17H,4-6H2,1H3. The van der Waals surface area contributed by atoms with Crippen molar-refractivity contribution in [1.82, 2.24) is 5.32 Å². The lowest BCUT2D eigenvalue weighted by Crippen LogP contribution is -2.41. The van der Waals surface area contributed by atoms with Gasteiger partial charge in [0.2, 0.25) is 0 Å². The fourth-order valence-corrected chi connectivity index (χ4v) is 2.63. The van der Waals surface area contributed by atoms with Gasteiger partial charge >= 0.3 is 0 Å². The molecule has 0 radical (unpaired) electrons. The first kappa shape index (κ1) is 13.2. The van der Waals surface area contributed by atoms with Crippen LogP contribution in [-0.4, -0.2) is 17.7 Å². The number of halogens is 2. The number of hydrogen-bond donors (Lipinski definition) is 2. The summed E-state index contributed by atoms with van der Waals surface area (Å²) in [7, 11) is 0. The Hall–Kier alpha value is -0.280. The van der Waals surface area contributed by atoms with Gasteiger partial charge in [0.05, 0.1) is 16.1 Å². The van der Waals surface area contributed by atoms with Crippen LogP contribution >= 0.6 is 23.2 Å². The van der Waals surface area contributed by atoms with Crippen LogP contribution in [0.25, 0.3) is 0 Å². The van der Waals surface area contributed by atoms with Gasteiger partial charge in [0.15, 0.2) is 0 Å². The smallest absolute Gasteiger partial charge is 0.0943 e. The first-order valence-corrected chi connectivity index (χ1v) is 6.70. The summed E-state index contributed by atoms with van der Waals surface area (Å²) in [4.78, 5) is 0. The zero-order valence-corrected chi connectivity index (χ0v) is 11.3. The van der Waals surface area contributed by atoms with Crippen molar-refractivity contribution in [3.63, 3.8) is 0 Å². The zero-order valence-electron chi connectivity index (χ0n) is 9.79. The van der Waals surface area contributed by atoms with E-state index >= 15 is 0 Å². The molecule has 4 heteroatoms. The van der Waals surface area contributed by atoms with E-state index in [0.717, 1.165) is 18.5 Å². The molecule has 2 N–H and O–H groups in total. The van der Waals surface area contributed by atoms with Crippen LogP contribution in [0, 0.1) is 5.92 Å². The van der Waals surface area contributed by atoms with Crippen molar-refractivity contribution < 1.29 is 5.11 Å². The van der Waals surface area contributed by atoms with E-state index in [1.807, 2.05) is 6.07 Å². The lowest BCUT2D eigenvalue weighted by molar-refractivity contribution is 0.101. The minimum Gasteiger partial charge on any atom is -0.387 e. The minimum absolute atomic E-state index is 0.107. The Labute approximate surface area is 112 Å². The Morgan fingerprint density at radius 1 is 1.35 bits per heavy atom. The van der Waals surface area contributed by atoms with Gasteiger partial charge in [-0.1, -0.05) is 36.2 Å². The van der Waals surface area contributed by atoms with E-state index in [9.17, 15) is 5.11 Å². The van der Waals surface area contributed by atoms with Crippen LogP contribution in [-0.2, 0) is 0 Å². The molecule has 94 valence electrons. The summed E-state index contributed by atoms with van der Waals surface area (Å²) in [5.41, 5.74) is 0.825. The fourth-order valence-electron chi connectivity index (χ4n) is 2.32. The molecule has 0 saturated carbocycles. The summed E-state index contributed by atoms with van der Waals surface area (Å²) in [6, 6.07) is 5.42. The van der Waals surface area contributed by atoms with Crippen LogP contribution in [0.15, 0.2) is 18.2 Å². The summed E-state index contributed by atoms with van der Waals surface area (Å²) in [6.45, 7) is 3.18. The molecular formula is C13H17Cl2NO. The third-order valence-electron chi connectivity index (χ3n) is 3.37. The molecule has 0 aromatic heterocycles. The highest BCUT2D eigenvalue weighted by Crippen LogP contribution is 2.30. The van der Waals surface area contributed by atoms with E-state index in [1.165, 1.54) is 6.42 Å². The number of hydrogen-bond acceptors (Lipinski definition) is 2. The maximum atomic E-state index is 10.3. The lowest BCUT2D eigenvalue weighted by atomic mass is 9.89. The number of piperidine rings is 1. The molecule has 1 aromatic carbocycles. The molecule has 3 unspecified atom stereocenters. The number of benzene rings is 1. The quantitative estimate of drug-likeness (QED) is 0.866. The largest absolute Gasteiger partial charge is 0.387 e. The summed E-state index contributed by atoms with van der Waals surface area (Å²) in [5, 5.41) is 14.7. The Kier molecular flexibility index (Phi) is 4.31. The van der Waals surface area contributed by atoms with Gasteiger partial charge in [-0.2, -0.15) is 0 Å². The van der Waals surface area contributed by atoms with Crippen molar-refractivity contribution in [2.24, 2.45) is 5.92 Å². The molecule has 1 saturated heterocycles. The number of aliphatic hydroxyl groups excluding tert-OH is 1. The van der Waals surface area contributed by atoms with Crippen LogP contribution in [0.5, 0.6) is 0 Å². The van der Waals surface area contributed by atoms with Crippen molar-refractivity contribution in [3.8, 4) is 0 Å². The summed E-state index contributed by atoms with van der Waals surface area (Å²) in [6.07, 6.45) is 1.64. The third kappa shape index (κ3) is 3.14. The van der Waals surface area contributed by atoms with Crippen LogP contribution in [0.3, 0.4) is 0 Å². The van der Waals surface area contributed by atoms with Crippen molar-refractivity contribution in [2.45, 2.75) is 31.9 Å². The second kappa shape index (κ2) is 5.57. The number of aliphatic hydroxyl groups is 1. The second-order valence-electron chi connectivity index (χ2n) is 4.81. The van der Waals surface area contributed by atoms with Crippen LogP contribution in [0.2, 0.25) is 10.0 Å². The van der Waals surface area contributed by atoms with Crippen molar-refractivity contribution in [3.05, 3.63) is 33.8 Å². The SMILES string of the molecule is CC1CCNC(C(O)c2ccc(Cl)c(Cl)c2)C1. The van der Waals surface area contributed by atoms with E-state index < -0.39 is 6.10 Å². The average molecular weight is 274 g/mol. The molecule has 2 nitrogen and oxygen atoms in total. The molecular weight excluding hydrogens is 257 g/mol. The maximum absolute atomic E-state index is 10.3. The highest BCUT2D eigenvalue weighted by Gasteiger charge is 2.26. The lowest BCUT2D eigenvalue weighted by Gasteiger charge is -2.32. The van der Waals surface area contributed by atoms with Crippen LogP contribution in [0.1, 0.15) is 31.4 Å². The van der Waals surface area contributed by atoms with Crippen LogP contribution in [0.4, 0.5) is 0 Å². The molecule has 0 bridgehead atoms. The van der Waals surface area contributed by atoms with Gasteiger partial charge in [0.25, 0.3) is 0 Å². The predicted molar refractivity (Wildman–Crippen MR) is 71.6 cm³/mol. The van der Waals surface area contributed by atoms with Crippen molar-refractivity contribution >= 4 is 23.2 Å². The second-order valence-corrected chi connectivity index (χ2v) is 5.62. The number of rotatable bonds is 2.